The second-order valence-corrected chi connectivity index (χ2v) is 20.5. The third-order valence-electron chi connectivity index (χ3n) is 14.6. The summed E-state index contributed by atoms with van der Waals surface area (Å²) in [4.78, 5) is 40.1. The zero-order chi connectivity index (χ0) is 55.6. The number of nitrogens with one attached hydrogen (secondary N) is 4. The molecule has 3 aromatic rings. The van der Waals surface area contributed by atoms with Crippen LogP contribution in [0.3, 0.4) is 0 Å². The van der Waals surface area contributed by atoms with Gasteiger partial charge in [-0.3, -0.25) is 4.79 Å². The van der Waals surface area contributed by atoms with Crippen LogP contribution in [0.15, 0.2) is 91.0 Å². The zero-order valence-corrected chi connectivity index (χ0v) is 44.5. The van der Waals surface area contributed by atoms with Gasteiger partial charge in [-0.05, 0) is 55.3 Å². The fraction of sp³-hybridized carbons (Fsp3) is 0.625. The minimum Gasteiger partial charge on any atom is -0.445 e. The van der Waals surface area contributed by atoms with Gasteiger partial charge in [0, 0.05) is 24.9 Å². The van der Waals surface area contributed by atoms with Crippen molar-refractivity contribution in [1.82, 2.24) is 21.3 Å². The maximum absolute atomic E-state index is 13.8. The molecule has 78 heavy (non-hydrogen) atoms. The Labute approximate surface area is 455 Å². The topological polar surface area (TPSA) is 304 Å². The number of aliphatic hydroxyl groups excluding tert-OH is 6. The number of hydrogen-bond donors (Lipinski definition) is 10. The Bertz CT molecular complexity index is 2240. The van der Waals surface area contributed by atoms with Gasteiger partial charge < -0.3 is 94.5 Å². The highest BCUT2D eigenvalue weighted by Crippen LogP contribution is 2.38. The summed E-state index contributed by atoms with van der Waals surface area (Å²) >= 11 is 0. The Morgan fingerprint density at radius 1 is 0.641 bits per heavy atom. The van der Waals surface area contributed by atoms with Crippen molar-refractivity contribution >= 4 is 18.1 Å². The quantitative estimate of drug-likeness (QED) is 0.0514. The molecular weight excluding hydrogens is 1020 g/mol. The molecule has 3 amide bonds. The molecule has 0 unspecified atom stereocenters. The third-order valence-corrected chi connectivity index (χ3v) is 14.6. The average molecular weight is 1100 g/mol. The summed E-state index contributed by atoms with van der Waals surface area (Å²) in [5.74, 6) is -1.90. The van der Waals surface area contributed by atoms with Crippen molar-refractivity contribution in [3.05, 3.63) is 108 Å². The Kier molecular flexibility index (Phi) is 23.9. The van der Waals surface area contributed by atoms with Gasteiger partial charge in [-0.15, -0.1) is 0 Å². The first-order valence-corrected chi connectivity index (χ1v) is 27.2. The third kappa shape index (κ3) is 17.1. The summed E-state index contributed by atoms with van der Waals surface area (Å²) in [6.45, 7) is 4.94. The maximum Gasteiger partial charge on any atom is 0.407 e. The summed E-state index contributed by atoms with van der Waals surface area (Å²) in [6, 6.07) is 25.7. The maximum atomic E-state index is 13.8. The molecule has 1 aliphatic carbocycles. The van der Waals surface area contributed by atoms with Crippen molar-refractivity contribution < 1.29 is 87.7 Å². The molecule has 0 aromatic heterocycles. The lowest BCUT2D eigenvalue weighted by molar-refractivity contribution is -0.303. The first kappa shape index (κ1) is 60.7. The van der Waals surface area contributed by atoms with Crippen LogP contribution < -0.4 is 21.3 Å². The van der Waals surface area contributed by atoms with Crippen LogP contribution in [0.5, 0.6) is 0 Å². The fourth-order valence-electron chi connectivity index (χ4n) is 10.1. The lowest BCUT2D eigenvalue weighted by Gasteiger charge is -2.47. The van der Waals surface area contributed by atoms with Crippen LogP contribution in [0.4, 0.5) is 9.59 Å². The Balaban J connectivity index is 1.16. The molecule has 432 valence electrons. The molecule has 0 radical (unpaired) electrons. The van der Waals surface area contributed by atoms with E-state index in [1.54, 1.807) is 50.2 Å². The van der Waals surface area contributed by atoms with E-state index in [0.29, 0.717) is 37.9 Å². The van der Waals surface area contributed by atoms with Crippen LogP contribution >= 0.6 is 0 Å². The molecule has 3 aromatic carbocycles. The molecule has 22 nitrogen and oxygen atoms in total. The van der Waals surface area contributed by atoms with Gasteiger partial charge in [0.15, 0.2) is 18.9 Å². The normalized spacial score (nSPS) is 32.4. The first-order valence-electron chi connectivity index (χ1n) is 27.2. The summed E-state index contributed by atoms with van der Waals surface area (Å²) in [7, 11) is 0. The zero-order valence-electron chi connectivity index (χ0n) is 44.5. The van der Waals surface area contributed by atoms with Gasteiger partial charge in [0.05, 0.1) is 44.1 Å². The minimum absolute atomic E-state index is 0.0121. The van der Waals surface area contributed by atoms with Gasteiger partial charge in [-0.1, -0.05) is 118 Å². The molecule has 0 bridgehead atoms. The van der Waals surface area contributed by atoms with E-state index in [1.165, 1.54) is 0 Å². The highest BCUT2D eigenvalue weighted by molar-refractivity contribution is 5.80. The Morgan fingerprint density at radius 3 is 1.90 bits per heavy atom. The van der Waals surface area contributed by atoms with Crippen molar-refractivity contribution in [1.29, 1.82) is 0 Å². The van der Waals surface area contributed by atoms with E-state index in [-0.39, 0.29) is 51.7 Å². The smallest absolute Gasteiger partial charge is 0.407 e. The number of carbonyl (C=O) groups is 3. The van der Waals surface area contributed by atoms with Crippen molar-refractivity contribution in [2.75, 3.05) is 39.5 Å². The van der Waals surface area contributed by atoms with Crippen LogP contribution in [0, 0.1) is 11.8 Å². The second kappa shape index (κ2) is 30.6. The summed E-state index contributed by atoms with van der Waals surface area (Å²) in [5, 5.41) is 78.5. The number of rotatable bonds is 26. The van der Waals surface area contributed by atoms with Gasteiger partial charge >= 0.3 is 12.2 Å². The molecule has 3 aliphatic heterocycles. The molecule has 4 aliphatic rings. The van der Waals surface area contributed by atoms with Crippen LogP contribution in [-0.2, 0) is 67.1 Å². The number of alkyl carbamates (subject to hydrolysis) is 2. The second-order valence-electron chi connectivity index (χ2n) is 20.5. The van der Waals surface area contributed by atoms with Crippen molar-refractivity contribution in [3.8, 4) is 0 Å². The minimum atomic E-state index is -1.62. The van der Waals surface area contributed by atoms with Gasteiger partial charge in [-0.2, -0.15) is 0 Å². The summed E-state index contributed by atoms with van der Waals surface area (Å²) in [5.41, 5.74) is 2.60. The van der Waals surface area contributed by atoms with Gasteiger partial charge in [0.2, 0.25) is 5.91 Å². The predicted octanol–water partition coefficient (Wildman–Crippen LogP) is 1.92. The van der Waals surface area contributed by atoms with Crippen molar-refractivity contribution in [3.63, 3.8) is 0 Å². The molecular formula is C56H80N4O18. The molecule has 18 atom stereocenters. The number of benzene rings is 3. The molecule has 7 rings (SSSR count). The van der Waals surface area contributed by atoms with E-state index in [4.69, 9.17) is 42.6 Å². The Hall–Kier alpha value is -4.89. The van der Waals surface area contributed by atoms with Crippen molar-refractivity contribution in [2.45, 2.75) is 171 Å². The van der Waals surface area contributed by atoms with Crippen LogP contribution in [0.25, 0.3) is 0 Å². The number of aliphatic hydroxyl groups is 6. The van der Waals surface area contributed by atoms with Crippen LogP contribution in [0.2, 0.25) is 0 Å². The first-order chi connectivity index (χ1) is 37.8. The van der Waals surface area contributed by atoms with Gasteiger partial charge in [0.1, 0.15) is 68.1 Å². The molecule has 3 heterocycles. The summed E-state index contributed by atoms with van der Waals surface area (Å²) in [6.07, 6.45) is -17.2. The van der Waals surface area contributed by atoms with E-state index in [9.17, 15) is 45.0 Å². The number of hydrogen-bond acceptors (Lipinski definition) is 19. The standard InChI is InChI=1S/C56H80N4O18/c1-4-14-41(63)51(67)59-39-27-40(60-56(69)72-32-37-19-12-7-13-20-37)47(76-52-33(2)21-22-38(29-61)73-52)49(45(39)65)78-54-50(70-26-25-57-24-23-35-15-8-5-9-16-35)48(43(30-62)75-54)77-53-34(3)44(64)46(66)42(74-53)28-58-55(68)71-31-36-17-10-6-11-18-36/h5-13,15-20,33-34,38-50,52-54,57,61-66H,4,14,21-32H2,1-3H3,(H,58,68)(H,59,67)(H,60,69)/t33-,34-,38+,39-,40+,41+,42+,43-,44-,45+,46-,47-,48-,49-,50-,52-,53-,54+/m1/s1. The van der Waals surface area contributed by atoms with E-state index in [0.717, 1.165) is 17.5 Å². The molecule has 0 spiro atoms. The average Bonchev–Trinajstić information content (AvgIpc) is 3.83. The van der Waals surface area contributed by atoms with Crippen LogP contribution in [-0.4, -0.2) is 186 Å². The largest absolute Gasteiger partial charge is 0.445 e. The lowest BCUT2D eigenvalue weighted by Crippen LogP contribution is -2.68. The van der Waals surface area contributed by atoms with Crippen LogP contribution in [0.1, 0.15) is 69.6 Å². The summed E-state index contributed by atoms with van der Waals surface area (Å²) < 4.78 is 56.7. The molecule has 3 saturated heterocycles. The fourth-order valence-corrected chi connectivity index (χ4v) is 10.1. The van der Waals surface area contributed by atoms with Gasteiger partial charge in [0.25, 0.3) is 0 Å². The van der Waals surface area contributed by atoms with E-state index in [1.807, 2.05) is 61.5 Å². The van der Waals surface area contributed by atoms with Crippen molar-refractivity contribution in [2.24, 2.45) is 11.8 Å². The molecule has 4 fully saturated rings. The number of ether oxygens (including phenoxy) is 9. The number of carbonyl (C=O) groups excluding carboxylic acids is 3. The van der Waals surface area contributed by atoms with Gasteiger partial charge in [-0.25, -0.2) is 9.59 Å². The predicted molar refractivity (Wildman–Crippen MR) is 279 cm³/mol. The highest BCUT2D eigenvalue weighted by Gasteiger charge is 2.56. The molecule has 10 N–H and O–H groups in total. The highest BCUT2D eigenvalue weighted by atomic mass is 16.8. The molecule has 22 heteroatoms. The SMILES string of the molecule is CCC[C@H](O)C(=O)N[C@@H]1C[C@H](NC(=O)OCc2ccccc2)[C@@H](O[C@H]2O[C@H](CO)CC[C@H]2C)[C@H](O[C@@H]2O[C@H](CO)[C@@H](O[C@H]3O[C@@H](CNC(=O)OCc4ccccc4)[C@@H](O)[C@H](O)[C@H]3C)[C@H]2OCCNCCc2ccccc2)[C@H]1O. The monoisotopic (exact) mass is 1100 g/mol. The van der Waals surface area contributed by atoms with E-state index < -0.39 is 129 Å². The van der Waals surface area contributed by atoms with E-state index in [2.05, 4.69) is 21.3 Å². The lowest BCUT2D eigenvalue weighted by atomic mass is 9.83. The van der Waals surface area contributed by atoms with E-state index >= 15 is 0 Å². The Morgan fingerprint density at radius 2 is 1.26 bits per heavy atom. The molecule has 1 saturated carbocycles. The number of amides is 3.